The minimum atomic E-state index is 0.979. The third-order valence-corrected chi connectivity index (χ3v) is 6.85. The van der Waals surface area contributed by atoms with Crippen LogP contribution in [0.3, 0.4) is 0 Å². The van der Waals surface area contributed by atoms with E-state index in [-0.39, 0.29) is 0 Å². The Balaban J connectivity index is 1.59. The van der Waals surface area contributed by atoms with Gasteiger partial charge in [-0.05, 0) is 79.4 Å². The van der Waals surface area contributed by atoms with Crippen LogP contribution in [-0.2, 0) is 0 Å². The number of hydrogen-bond donors (Lipinski definition) is 0. The quantitative estimate of drug-likeness (QED) is 0.525. The molecule has 7 aliphatic carbocycles. The summed E-state index contributed by atoms with van der Waals surface area (Å²) in [4.78, 5) is 0. The smallest absolute Gasteiger partial charge is 0.0197 e. The van der Waals surface area contributed by atoms with Gasteiger partial charge in [0.05, 0.1) is 0 Å². The normalized spacial score (nSPS) is 67.7. The van der Waals surface area contributed by atoms with Crippen molar-refractivity contribution in [1.82, 2.24) is 0 Å². The molecule has 7 rings (SSSR count). The van der Waals surface area contributed by atoms with Crippen LogP contribution in [0.1, 0.15) is 32.1 Å². The molecular formula is C15H20. The highest BCUT2D eigenvalue weighted by Crippen LogP contribution is 2.73. The summed E-state index contributed by atoms with van der Waals surface area (Å²) in [6, 6.07) is 0. The first kappa shape index (κ1) is 7.92. The first-order chi connectivity index (χ1) is 7.42. The van der Waals surface area contributed by atoms with Crippen LogP contribution in [0.4, 0.5) is 0 Å². The lowest BCUT2D eigenvalue weighted by Crippen LogP contribution is -2.66. The van der Waals surface area contributed by atoms with Crippen molar-refractivity contribution in [2.45, 2.75) is 32.1 Å². The van der Waals surface area contributed by atoms with Gasteiger partial charge in [-0.1, -0.05) is 12.2 Å². The van der Waals surface area contributed by atoms with Gasteiger partial charge >= 0.3 is 0 Å². The van der Waals surface area contributed by atoms with E-state index in [1.54, 1.807) is 19.3 Å². The van der Waals surface area contributed by atoms with E-state index in [0.717, 1.165) is 17.8 Å². The standard InChI is InChI=1S/C15H20/c1-3-9-5-8(1)2-4-10-12-6-11(9)13-7-14(12)15(10)13/h1,3,8-15H,2,4-7H2. The van der Waals surface area contributed by atoms with Crippen molar-refractivity contribution in [3.63, 3.8) is 0 Å². The van der Waals surface area contributed by atoms with Crippen molar-refractivity contribution in [2.75, 3.05) is 0 Å². The van der Waals surface area contributed by atoms with Gasteiger partial charge in [0.15, 0.2) is 0 Å². The zero-order chi connectivity index (χ0) is 9.57. The highest BCUT2D eigenvalue weighted by Gasteiger charge is 2.67. The molecule has 0 radical (unpaired) electrons. The topological polar surface area (TPSA) is 0 Å². The Labute approximate surface area is 92.1 Å². The van der Waals surface area contributed by atoms with E-state index in [2.05, 4.69) is 12.2 Å². The van der Waals surface area contributed by atoms with E-state index in [0.29, 0.717) is 0 Å². The van der Waals surface area contributed by atoms with Gasteiger partial charge in [-0.3, -0.25) is 0 Å². The third kappa shape index (κ3) is 0.765. The Morgan fingerprint density at radius 1 is 0.667 bits per heavy atom. The molecule has 15 heavy (non-hydrogen) atoms. The van der Waals surface area contributed by atoms with E-state index >= 15 is 0 Å². The molecule has 8 unspecified atom stereocenters. The largest absolute Gasteiger partial charge is 0.0851 e. The fourth-order valence-corrected chi connectivity index (χ4v) is 6.25. The summed E-state index contributed by atoms with van der Waals surface area (Å²) in [5, 5.41) is 0. The molecule has 0 nitrogen and oxygen atoms in total. The van der Waals surface area contributed by atoms with Crippen LogP contribution in [0.25, 0.3) is 0 Å². The van der Waals surface area contributed by atoms with Crippen LogP contribution in [0.2, 0.25) is 0 Å². The van der Waals surface area contributed by atoms with Crippen molar-refractivity contribution in [1.29, 1.82) is 0 Å². The molecule has 0 amide bonds. The Bertz CT molecular complexity index is 336. The fraction of sp³-hybridized carbons (Fsp3) is 0.867. The molecule has 0 spiro atoms. The van der Waals surface area contributed by atoms with Gasteiger partial charge in [0.1, 0.15) is 0 Å². The van der Waals surface area contributed by atoms with Crippen LogP contribution in [0.15, 0.2) is 12.2 Å². The van der Waals surface area contributed by atoms with Crippen LogP contribution in [0, 0.1) is 47.3 Å². The SMILES string of the molecule is C1=CC2CC1CCC1C3CC2C2CC3C21. The molecule has 0 aliphatic heterocycles. The van der Waals surface area contributed by atoms with Gasteiger partial charge in [0.25, 0.3) is 0 Å². The Morgan fingerprint density at radius 2 is 1.53 bits per heavy atom. The summed E-state index contributed by atoms with van der Waals surface area (Å²) in [6.07, 6.45) is 13.1. The second-order valence-electron chi connectivity index (χ2n) is 6.99. The van der Waals surface area contributed by atoms with Gasteiger partial charge in [0.2, 0.25) is 0 Å². The molecule has 0 saturated heterocycles. The summed E-state index contributed by atoms with van der Waals surface area (Å²) < 4.78 is 0. The summed E-state index contributed by atoms with van der Waals surface area (Å²) in [7, 11) is 0. The maximum Gasteiger partial charge on any atom is -0.0197 e. The van der Waals surface area contributed by atoms with Crippen LogP contribution in [-0.4, -0.2) is 0 Å². The van der Waals surface area contributed by atoms with E-state index in [9.17, 15) is 0 Å². The summed E-state index contributed by atoms with van der Waals surface area (Å²) in [5.74, 6) is 9.11. The molecule has 0 heterocycles. The summed E-state index contributed by atoms with van der Waals surface area (Å²) in [5.41, 5.74) is 0. The monoisotopic (exact) mass is 200 g/mol. The van der Waals surface area contributed by atoms with Gasteiger partial charge in [0, 0.05) is 0 Å². The number of allylic oxidation sites excluding steroid dienone is 2. The molecule has 8 atom stereocenters. The van der Waals surface area contributed by atoms with E-state index in [4.69, 9.17) is 0 Å². The van der Waals surface area contributed by atoms with Crippen LogP contribution >= 0.6 is 0 Å². The lowest BCUT2D eigenvalue weighted by atomic mass is 9.33. The van der Waals surface area contributed by atoms with Crippen LogP contribution in [0.5, 0.6) is 0 Å². The van der Waals surface area contributed by atoms with E-state index < -0.39 is 0 Å². The number of rotatable bonds is 0. The van der Waals surface area contributed by atoms with E-state index in [1.807, 2.05) is 0 Å². The third-order valence-electron chi connectivity index (χ3n) is 6.85. The van der Waals surface area contributed by atoms with Crippen molar-refractivity contribution >= 4 is 0 Å². The summed E-state index contributed by atoms with van der Waals surface area (Å²) >= 11 is 0. The Morgan fingerprint density at radius 3 is 2.40 bits per heavy atom. The molecule has 0 aromatic carbocycles. The van der Waals surface area contributed by atoms with Gasteiger partial charge in [-0.25, -0.2) is 0 Å². The first-order valence-corrected chi connectivity index (χ1v) is 7.10. The predicted octanol–water partition coefficient (Wildman–Crippen LogP) is 3.49. The molecule has 6 saturated carbocycles. The van der Waals surface area contributed by atoms with Gasteiger partial charge in [-0.15, -0.1) is 0 Å². The zero-order valence-corrected chi connectivity index (χ0v) is 9.31. The highest BCUT2D eigenvalue weighted by atomic mass is 14.7. The molecule has 80 valence electrons. The lowest BCUT2D eigenvalue weighted by Gasteiger charge is -2.72. The van der Waals surface area contributed by atoms with Crippen molar-refractivity contribution in [3.05, 3.63) is 12.2 Å². The van der Waals surface area contributed by atoms with Crippen molar-refractivity contribution < 1.29 is 0 Å². The lowest BCUT2D eigenvalue weighted by molar-refractivity contribution is -0.234. The predicted molar refractivity (Wildman–Crippen MR) is 60.1 cm³/mol. The van der Waals surface area contributed by atoms with Gasteiger partial charge in [-0.2, -0.15) is 0 Å². The highest BCUT2D eigenvalue weighted by molar-refractivity contribution is 5.19. The molecule has 0 heteroatoms. The average Bonchev–Trinajstić information content (AvgIpc) is 2.71. The average molecular weight is 200 g/mol. The molecule has 6 fully saturated rings. The molecular weight excluding hydrogens is 180 g/mol. The molecule has 8 bridgehead atoms. The maximum absolute atomic E-state index is 2.60. The Kier molecular flexibility index (Phi) is 1.25. The fourth-order valence-electron chi connectivity index (χ4n) is 6.25. The molecule has 0 N–H and O–H groups in total. The Hall–Kier alpha value is -0.260. The minimum absolute atomic E-state index is 0.979. The molecule has 0 aromatic heterocycles. The van der Waals surface area contributed by atoms with Crippen LogP contribution < -0.4 is 0 Å². The number of fused-ring (bicyclic) bond motifs is 1. The number of hydrogen-bond acceptors (Lipinski definition) is 0. The van der Waals surface area contributed by atoms with E-state index in [1.165, 1.54) is 42.4 Å². The second kappa shape index (κ2) is 2.36. The van der Waals surface area contributed by atoms with Gasteiger partial charge < -0.3 is 0 Å². The molecule has 0 aromatic rings. The first-order valence-electron chi connectivity index (χ1n) is 7.10. The minimum Gasteiger partial charge on any atom is -0.0851 e. The maximum atomic E-state index is 2.60. The van der Waals surface area contributed by atoms with Crippen molar-refractivity contribution in [3.8, 4) is 0 Å². The molecule has 7 aliphatic rings. The summed E-state index contributed by atoms with van der Waals surface area (Å²) in [6.45, 7) is 0. The van der Waals surface area contributed by atoms with Crippen molar-refractivity contribution in [2.24, 2.45) is 47.3 Å². The zero-order valence-electron chi connectivity index (χ0n) is 9.31. The second-order valence-corrected chi connectivity index (χ2v) is 6.99.